The second kappa shape index (κ2) is 4.46. The Balaban J connectivity index is 2.68. The normalized spacial score (nSPS) is 11.2. The first-order valence-corrected chi connectivity index (χ1v) is 5.72. The van der Waals surface area contributed by atoms with Crippen molar-refractivity contribution in [1.29, 1.82) is 0 Å². The Morgan fingerprint density at radius 2 is 1.94 bits per heavy atom. The fraction of sp³-hybridized carbons (Fsp3) is 0.125. The number of hydrogen-bond acceptors (Lipinski definition) is 0. The van der Waals surface area contributed by atoms with Gasteiger partial charge in [-0.05, 0) is 31.6 Å². The topological polar surface area (TPSA) is 4.93 Å². The molecule has 0 aliphatic rings. The number of aromatic nitrogens is 1. The van der Waals surface area contributed by atoms with E-state index < -0.39 is 0 Å². The predicted octanol–water partition coefficient (Wildman–Crippen LogP) is 4.47. The van der Waals surface area contributed by atoms with E-state index in [1.54, 1.807) is 6.08 Å². The van der Waals surface area contributed by atoms with Gasteiger partial charge in [-0.3, -0.25) is 0 Å². The lowest BCUT2D eigenvalue weighted by Crippen LogP contribution is -1.95. The van der Waals surface area contributed by atoms with Crippen molar-refractivity contribution in [2.75, 3.05) is 0 Å². The first-order chi connectivity index (χ1) is 8.16. The lowest BCUT2D eigenvalue weighted by atomic mass is 10.2. The third-order valence-corrected chi connectivity index (χ3v) is 3.14. The van der Waals surface area contributed by atoms with Crippen LogP contribution in [0.25, 0.3) is 16.6 Å². The Hall–Kier alpha value is -2.02. The predicted molar refractivity (Wildman–Crippen MR) is 76.1 cm³/mol. The molecule has 1 heteroatoms. The smallest absolute Gasteiger partial charge is 0.0533 e. The average Bonchev–Trinajstić information content (AvgIpc) is 2.60. The average molecular weight is 223 g/mol. The molecule has 0 aliphatic heterocycles. The van der Waals surface area contributed by atoms with Crippen molar-refractivity contribution in [2.24, 2.45) is 0 Å². The van der Waals surface area contributed by atoms with E-state index in [1.165, 1.54) is 22.2 Å². The van der Waals surface area contributed by atoms with E-state index in [0.29, 0.717) is 0 Å². The minimum atomic E-state index is 0.965. The van der Waals surface area contributed by atoms with Gasteiger partial charge in [0.25, 0.3) is 0 Å². The van der Waals surface area contributed by atoms with E-state index in [-0.39, 0.29) is 0 Å². The van der Waals surface area contributed by atoms with Crippen molar-refractivity contribution in [2.45, 2.75) is 13.8 Å². The van der Waals surface area contributed by atoms with E-state index in [9.17, 15) is 0 Å². The summed E-state index contributed by atoms with van der Waals surface area (Å²) in [5.74, 6) is 0. The highest BCUT2D eigenvalue weighted by Crippen LogP contribution is 2.27. The zero-order valence-corrected chi connectivity index (χ0v) is 10.4. The molecule has 1 aromatic carbocycles. The second-order valence-corrected chi connectivity index (χ2v) is 4.15. The van der Waals surface area contributed by atoms with Crippen LogP contribution >= 0.6 is 0 Å². The lowest BCUT2D eigenvalue weighted by molar-refractivity contribution is 1.08. The van der Waals surface area contributed by atoms with E-state index in [2.05, 4.69) is 55.8 Å². The summed E-state index contributed by atoms with van der Waals surface area (Å²) < 4.78 is 2.19. The van der Waals surface area contributed by atoms with Gasteiger partial charge < -0.3 is 4.57 Å². The molecule has 2 aromatic rings. The van der Waals surface area contributed by atoms with Gasteiger partial charge in [-0.1, -0.05) is 43.5 Å². The van der Waals surface area contributed by atoms with E-state index in [4.69, 9.17) is 0 Å². The molecule has 1 aromatic heterocycles. The number of para-hydroxylation sites is 1. The summed E-state index contributed by atoms with van der Waals surface area (Å²) >= 11 is 0. The van der Waals surface area contributed by atoms with E-state index >= 15 is 0 Å². The molecule has 1 nitrogen and oxygen atoms in total. The van der Waals surface area contributed by atoms with Gasteiger partial charge in [0.2, 0.25) is 0 Å². The Morgan fingerprint density at radius 1 is 1.24 bits per heavy atom. The molecule has 0 aliphatic carbocycles. The van der Waals surface area contributed by atoms with Crippen LogP contribution in [0.1, 0.15) is 11.3 Å². The van der Waals surface area contributed by atoms with Gasteiger partial charge in [0.05, 0.1) is 5.52 Å². The number of fused-ring (bicyclic) bond motifs is 1. The molecule has 0 saturated carbocycles. The lowest BCUT2D eigenvalue weighted by Gasteiger charge is -2.07. The van der Waals surface area contributed by atoms with E-state index in [0.717, 1.165) is 5.70 Å². The molecule has 0 unspecified atom stereocenters. The molecule has 0 N–H and O–H groups in total. The van der Waals surface area contributed by atoms with Gasteiger partial charge >= 0.3 is 0 Å². The van der Waals surface area contributed by atoms with Crippen molar-refractivity contribution in [3.05, 3.63) is 66.9 Å². The van der Waals surface area contributed by atoms with Crippen LogP contribution < -0.4 is 0 Å². The van der Waals surface area contributed by atoms with Crippen molar-refractivity contribution >= 4 is 16.6 Å². The van der Waals surface area contributed by atoms with Crippen LogP contribution in [0, 0.1) is 13.8 Å². The third kappa shape index (κ3) is 1.84. The molecule has 0 saturated heterocycles. The number of hydrogen-bond donors (Lipinski definition) is 0. The van der Waals surface area contributed by atoms with Crippen LogP contribution in [0.5, 0.6) is 0 Å². The summed E-state index contributed by atoms with van der Waals surface area (Å²) in [7, 11) is 0. The maximum atomic E-state index is 4.12. The Labute approximate surface area is 102 Å². The van der Waals surface area contributed by atoms with Crippen molar-refractivity contribution in [1.82, 2.24) is 4.57 Å². The standard InChI is InChI=1S/C16H17N/c1-5-6-9-12(2)17-14(4)13(3)15-10-7-8-11-16(15)17/h5-11H,1-2H2,3-4H3/b9-6-. The molecule has 17 heavy (non-hydrogen) atoms. The van der Waals surface area contributed by atoms with E-state index in [1.807, 2.05) is 12.2 Å². The molecular formula is C16H17N. The molecule has 0 fully saturated rings. The fourth-order valence-corrected chi connectivity index (χ4v) is 2.15. The SMILES string of the molecule is C=C/C=C\C(=C)n1c(C)c(C)c2ccccc21. The van der Waals surface area contributed by atoms with Crippen LogP contribution in [-0.4, -0.2) is 4.57 Å². The van der Waals surface area contributed by atoms with Gasteiger partial charge in [-0.25, -0.2) is 0 Å². The quantitative estimate of drug-likeness (QED) is 0.676. The monoisotopic (exact) mass is 223 g/mol. The highest BCUT2D eigenvalue weighted by atomic mass is 15.0. The van der Waals surface area contributed by atoms with Crippen LogP contribution in [-0.2, 0) is 0 Å². The van der Waals surface area contributed by atoms with Gasteiger partial charge in [0, 0.05) is 16.8 Å². The molecule has 86 valence electrons. The number of allylic oxidation sites excluding steroid dienone is 4. The summed E-state index contributed by atoms with van der Waals surface area (Å²) in [5, 5.41) is 1.29. The Morgan fingerprint density at radius 3 is 2.65 bits per heavy atom. The van der Waals surface area contributed by atoms with Crippen molar-refractivity contribution in [3.63, 3.8) is 0 Å². The maximum Gasteiger partial charge on any atom is 0.0533 e. The van der Waals surface area contributed by atoms with Gasteiger partial charge in [-0.15, -0.1) is 0 Å². The van der Waals surface area contributed by atoms with Gasteiger partial charge in [-0.2, -0.15) is 0 Å². The summed E-state index contributed by atoms with van der Waals surface area (Å²) in [5.41, 5.74) is 4.73. The Kier molecular flexibility index (Phi) is 3.01. The first kappa shape index (κ1) is 11.5. The minimum absolute atomic E-state index is 0.965. The number of rotatable bonds is 3. The number of benzene rings is 1. The van der Waals surface area contributed by atoms with Crippen molar-refractivity contribution in [3.8, 4) is 0 Å². The van der Waals surface area contributed by atoms with Crippen molar-refractivity contribution < 1.29 is 0 Å². The van der Waals surface area contributed by atoms with Crippen LogP contribution in [0.15, 0.2) is 55.7 Å². The number of nitrogens with zero attached hydrogens (tertiary/aromatic N) is 1. The molecule has 0 amide bonds. The molecule has 0 atom stereocenters. The molecule has 1 heterocycles. The fourth-order valence-electron chi connectivity index (χ4n) is 2.15. The highest BCUT2D eigenvalue weighted by molar-refractivity contribution is 5.89. The highest BCUT2D eigenvalue weighted by Gasteiger charge is 2.10. The molecule has 0 spiro atoms. The summed E-state index contributed by atoms with van der Waals surface area (Å²) in [4.78, 5) is 0. The number of aryl methyl sites for hydroxylation is 1. The summed E-state index contributed by atoms with van der Waals surface area (Å²) in [6, 6.07) is 8.41. The molecule has 2 rings (SSSR count). The van der Waals surface area contributed by atoms with Gasteiger partial charge in [0.1, 0.15) is 0 Å². The zero-order valence-electron chi connectivity index (χ0n) is 10.4. The van der Waals surface area contributed by atoms with Crippen LogP contribution in [0.3, 0.4) is 0 Å². The van der Waals surface area contributed by atoms with Gasteiger partial charge in [0.15, 0.2) is 0 Å². The molecular weight excluding hydrogens is 206 g/mol. The molecule has 0 radical (unpaired) electrons. The first-order valence-electron chi connectivity index (χ1n) is 5.72. The van der Waals surface area contributed by atoms with Crippen LogP contribution in [0.4, 0.5) is 0 Å². The third-order valence-electron chi connectivity index (χ3n) is 3.14. The summed E-state index contributed by atoms with van der Waals surface area (Å²) in [6.07, 6.45) is 5.65. The summed E-state index contributed by atoms with van der Waals surface area (Å²) in [6.45, 7) is 12.1. The maximum absolute atomic E-state index is 4.12. The second-order valence-electron chi connectivity index (χ2n) is 4.15. The largest absolute Gasteiger partial charge is 0.314 e. The minimum Gasteiger partial charge on any atom is -0.314 e. The molecule has 0 bridgehead atoms. The zero-order chi connectivity index (χ0) is 12.4. The Bertz CT molecular complexity index is 612. The van der Waals surface area contributed by atoms with Crippen LogP contribution in [0.2, 0.25) is 0 Å².